The summed E-state index contributed by atoms with van der Waals surface area (Å²) in [5, 5.41) is 2.82. The molecule has 0 spiro atoms. The number of hydrogen-bond donors (Lipinski definition) is 2. The molecule has 1 aromatic carbocycles. The zero-order valence-corrected chi connectivity index (χ0v) is 11.2. The predicted octanol–water partition coefficient (Wildman–Crippen LogP) is -0.0327. The van der Waals surface area contributed by atoms with Gasteiger partial charge in [0.1, 0.15) is 17.5 Å². The van der Waals surface area contributed by atoms with Crippen LogP contribution in [0.1, 0.15) is 0 Å². The molecule has 1 saturated heterocycles. The molecule has 1 aliphatic heterocycles. The van der Waals surface area contributed by atoms with Crippen LogP contribution in [0, 0.1) is 0 Å². The first-order valence-electron chi connectivity index (χ1n) is 6.17. The van der Waals surface area contributed by atoms with Crippen molar-refractivity contribution in [1.29, 1.82) is 0 Å². The highest BCUT2D eigenvalue weighted by Crippen LogP contribution is 2.33. The standard InChI is InChI=1S/C13H19N3O3/c1-18-9-3-4-12(19-2)10(7-9)16-6-5-15-13(17)11(16)8-14/h3-4,7,11H,5-6,8,14H2,1-2H3,(H,15,17). The number of nitrogens with two attached hydrogens (primary N) is 1. The van der Waals surface area contributed by atoms with E-state index in [4.69, 9.17) is 15.2 Å². The number of methoxy groups -OCH3 is 2. The topological polar surface area (TPSA) is 76.8 Å². The molecule has 3 N–H and O–H groups in total. The number of amides is 1. The second-order valence-electron chi connectivity index (χ2n) is 4.27. The van der Waals surface area contributed by atoms with Crippen LogP contribution in [0.25, 0.3) is 0 Å². The third kappa shape index (κ3) is 2.58. The molecule has 0 aromatic heterocycles. The van der Waals surface area contributed by atoms with Crippen molar-refractivity contribution in [3.05, 3.63) is 18.2 Å². The molecule has 6 heteroatoms. The van der Waals surface area contributed by atoms with E-state index < -0.39 is 0 Å². The van der Waals surface area contributed by atoms with E-state index in [1.807, 2.05) is 23.1 Å². The van der Waals surface area contributed by atoms with E-state index in [0.717, 1.165) is 11.4 Å². The summed E-state index contributed by atoms with van der Waals surface area (Å²) in [6, 6.07) is 5.13. The van der Waals surface area contributed by atoms with Gasteiger partial charge in [-0.1, -0.05) is 0 Å². The fourth-order valence-electron chi connectivity index (χ4n) is 2.26. The van der Waals surface area contributed by atoms with E-state index in [0.29, 0.717) is 18.8 Å². The summed E-state index contributed by atoms with van der Waals surface area (Å²) in [4.78, 5) is 13.8. The highest BCUT2D eigenvalue weighted by molar-refractivity contribution is 5.87. The number of piperazine rings is 1. The summed E-state index contributed by atoms with van der Waals surface area (Å²) in [5.41, 5.74) is 6.53. The van der Waals surface area contributed by atoms with E-state index in [1.165, 1.54) is 0 Å². The summed E-state index contributed by atoms with van der Waals surface area (Å²) >= 11 is 0. The quantitative estimate of drug-likeness (QED) is 0.799. The Labute approximate surface area is 112 Å². The van der Waals surface area contributed by atoms with E-state index in [1.54, 1.807) is 14.2 Å². The molecule has 1 amide bonds. The Balaban J connectivity index is 2.40. The van der Waals surface area contributed by atoms with Gasteiger partial charge in [-0.05, 0) is 12.1 Å². The van der Waals surface area contributed by atoms with E-state index in [2.05, 4.69) is 5.32 Å². The summed E-state index contributed by atoms with van der Waals surface area (Å²) < 4.78 is 10.6. The zero-order valence-electron chi connectivity index (χ0n) is 11.2. The molecule has 0 aliphatic carbocycles. The van der Waals surface area contributed by atoms with Gasteiger partial charge >= 0.3 is 0 Å². The van der Waals surface area contributed by atoms with Gasteiger partial charge in [0.05, 0.1) is 19.9 Å². The Bertz CT molecular complexity index is 464. The molecule has 1 aromatic rings. The Morgan fingerprint density at radius 3 is 2.84 bits per heavy atom. The van der Waals surface area contributed by atoms with Gasteiger partial charge in [-0.25, -0.2) is 0 Å². The number of rotatable bonds is 4. The van der Waals surface area contributed by atoms with E-state index in [-0.39, 0.29) is 18.5 Å². The van der Waals surface area contributed by atoms with Gasteiger partial charge in [-0.3, -0.25) is 4.79 Å². The van der Waals surface area contributed by atoms with Crippen molar-refractivity contribution in [2.45, 2.75) is 6.04 Å². The third-order valence-electron chi connectivity index (χ3n) is 3.25. The molecule has 19 heavy (non-hydrogen) atoms. The molecule has 1 unspecified atom stereocenters. The number of hydrogen-bond acceptors (Lipinski definition) is 5. The molecular formula is C13H19N3O3. The van der Waals surface area contributed by atoms with Gasteiger partial charge in [0.15, 0.2) is 0 Å². The third-order valence-corrected chi connectivity index (χ3v) is 3.25. The smallest absolute Gasteiger partial charge is 0.244 e. The van der Waals surface area contributed by atoms with Crippen LogP contribution in [0.4, 0.5) is 5.69 Å². The lowest BCUT2D eigenvalue weighted by atomic mass is 10.1. The van der Waals surface area contributed by atoms with Crippen molar-refractivity contribution in [2.75, 3.05) is 38.8 Å². The van der Waals surface area contributed by atoms with Crippen LogP contribution in [0.15, 0.2) is 18.2 Å². The molecule has 0 saturated carbocycles. The number of nitrogens with one attached hydrogen (secondary N) is 1. The fourth-order valence-corrected chi connectivity index (χ4v) is 2.26. The number of anilines is 1. The van der Waals surface area contributed by atoms with Crippen molar-refractivity contribution < 1.29 is 14.3 Å². The van der Waals surface area contributed by atoms with E-state index >= 15 is 0 Å². The molecule has 0 radical (unpaired) electrons. The maximum absolute atomic E-state index is 11.9. The summed E-state index contributed by atoms with van der Waals surface area (Å²) in [7, 11) is 3.21. The van der Waals surface area contributed by atoms with Crippen LogP contribution in [0.3, 0.4) is 0 Å². The fraction of sp³-hybridized carbons (Fsp3) is 0.462. The van der Waals surface area contributed by atoms with Crippen LogP contribution in [-0.4, -0.2) is 45.8 Å². The molecule has 0 bridgehead atoms. The van der Waals surface area contributed by atoms with Gasteiger partial charge in [-0.15, -0.1) is 0 Å². The summed E-state index contributed by atoms with van der Waals surface area (Å²) in [6.07, 6.45) is 0. The number of benzene rings is 1. The lowest BCUT2D eigenvalue weighted by Gasteiger charge is -2.36. The van der Waals surface area contributed by atoms with Crippen LogP contribution in [0.2, 0.25) is 0 Å². The Morgan fingerprint density at radius 1 is 1.42 bits per heavy atom. The average Bonchev–Trinajstić information content (AvgIpc) is 2.46. The molecule has 1 heterocycles. The molecule has 1 aliphatic rings. The predicted molar refractivity (Wildman–Crippen MR) is 72.7 cm³/mol. The SMILES string of the molecule is COc1ccc(OC)c(N2CCNC(=O)C2CN)c1. The first-order valence-corrected chi connectivity index (χ1v) is 6.17. The zero-order chi connectivity index (χ0) is 13.8. The second kappa shape index (κ2) is 5.79. The highest BCUT2D eigenvalue weighted by atomic mass is 16.5. The molecule has 6 nitrogen and oxygen atoms in total. The van der Waals surface area contributed by atoms with Gasteiger partial charge in [0.25, 0.3) is 0 Å². The molecule has 2 rings (SSSR count). The van der Waals surface area contributed by atoms with Crippen molar-refractivity contribution in [3.63, 3.8) is 0 Å². The summed E-state index contributed by atoms with van der Waals surface area (Å²) in [5.74, 6) is 1.37. The lowest BCUT2D eigenvalue weighted by Crippen LogP contribution is -2.58. The normalized spacial score (nSPS) is 19.0. The molecular weight excluding hydrogens is 246 g/mol. The van der Waals surface area contributed by atoms with Crippen molar-refractivity contribution in [2.24, 2.45) is 5.73 Å². The second-order valence-corrected chi connectivity index (χ2v) is 4.27. The van der Waals surface area contributed by atoms with Crippen molar-refractivity contribution >= 4 is 11.6 Å². The Morgan fingerprint density at radius 2 is 2.21 bits per heavy atom. The van der Waals surface area contributed by atoms with Crippen LogP contribution in [-0.2, 0) is 4.79 Å². The average molecular weight is 265 g/mol. The largest absolute Gasteiger partial charge is 0.497 e. The first-order chi connectivity index (χ1) is 9.21. The van der Waals surface area contributed by atoms with Gasteiger partial charge in [0, 0.05) is 25.7 Å². The maximum atomic E-state index is 11.9. The number of nitrogens with zero attached hydrogens (tertiary/aromatic N) is 1. The van der Waals surface area contributed by atoms with Crippen molar-refractivity contribution in [3.8, 4) is 11.5 Å². The Hall–Kier alpha value is -1.95. The maximum Gasteiger partial charge on any atom is 0.244 e. The van der Waals surface area contributed by atoms with Gasteiger partial charge < -0.3 is 25.4 Å². The number of carbonyl (C=O) groups excluding carboxylic acids is 1. The van der Waals surface area contributed by atoms with Crippen LogP contribution >= 0.6 is 0 Å². The Kier molecular flexibility index (Phi) is 4.11. The minimum atomic E-state index is -0.380. The molecule has 1 atom stereocenters. The van der Waals surface area contributed by atoms with Crippen LogP contribution in [0.5, 0.6) is 11.5 Å². The van der Waals surface area contributed by atoms with Crippen molar-refractivity contribution in [1.82, 2.24) is 5.32 Å². The number of carbonyl (C=O) groups is 1. The van der Waals surface area contributed by atoms with Gasteiger partial charge in [-0.2, -0.15) is 0 Å². The minimum absolute atomic E-state index is 0.0568. The molecule has 104 valence electrons. The highest BCUT2D eigenvalue weighted by Gasteiger charge is 2.30. The molecule has 1 fully saturated rings. The minimum Gasteiger partial charge on any atom is -0.497 e. The summed E-state index contributed by atoms with van der Waals surface area (Å²) in [6.45, 7) is 1.54. The van der Waals surface area contributed by atoms with E-state index in [9.17, 15) is 4.79 Å². The van der Waals surface area contributed by atoms with Crippen LogP contribution < -0.4 is 25.4 Å². The number of ether oxygens (including phenoxy) is 2. The first kappa shape index (κ1) is 13.5. The monoisotopic (exact) mass is 265 g/mol. The lowest BCUT2D eigenvalue weighted by molar-refractivity contribution is -0.123. The van der Waals surface area contributed by atoms with Gasteiger partial charge in [0.2, 0.25) is 5.91 Å².